The quantitative estimate of drug-likeness (QED) is 0.822. The number of nitriles is 1. The maximum absolute atomic E-state index is 8.84. The molecule has 0 atom stereocenters. The fourth-order valence-corrected chi connectivity index (χ4v) is 1.65. The number of hydrogen-bond donors (Lipinski definition) is 0. The van der Waals surface area contributed by atoms with Gasteiger partial charge in [0.2, 0.25) is 0 Å². The number of ether oxygens (including phenoxy) is 1. The summed E-state index contributed by atoms with van der Waals surface area (Å²) in [5.74, 6) is 0.781. The maximum atomic E-state index is 8.84. The van der Waals surface area contributed by atoms with Gasteiger partial charge in [0, 0.05) is 18.8 Å². The second-order valence-corrected chi connectivity index (χ2v) is 4.05. The highest BCUT2D eigenvalue weighted by Gasteiger charge is 2.01. The lowest BCUT2D eigenvalue weighted by Crippen LogP contribution is -2.02. The summed E-state index contributed by atoms with van der Waals surface area (Å²) in [6, 6.07) is 11.5. The average Bonchev–Trinajstić information content (AvgIpc) is 2.42. The smallest absolute Gasteiger partial charge is 0.123 e. The number of hydrogen-bond acceptors (Lipinski definition) is 3. The van der Waals surface area contributed by atoms with Crippen LogP contribution in [0.3, 0.4) is 0 Å². The van der Waals surface area contributed by atoms with Gasteiger partial charge in [-0.2, -0.15) is 5.26 Å². The van der Waals surface area contributed by atoms with Crippen molar-refractivity contribution in [3.63, 3.8) is 0 Å². The van der Waals surface area contributed by atoms with Gasteiger partial charge < -0.3 is 4.74 Å². The Morgan fingerprint density at radius 2 is 2.00 bits per heavy atom. The summed E-state index contributed by atoms with van der Waals surface area (Å²) in [6.07, 6.45) is 4.38. The van der Waals surface area contributed by atoms with Gasteiger partial charge in [-0.3, -0.25) is 4.98 Å². The van der Waals surface area contributed by atoms with Crippen LogP contribution in [0.25, 0.3) is 0 Å². The van der Waals surface area contributed by atoms with Crippen molar-refractivity contribution in [3.05, 3.63) is 59.4 Å². The van der Waals surface area contributed by atoms with Crippen molar-refractivity contribution < 1.29 is 4.74 Å². The van der Waals surface area contributed by atoms with Crippen molar-refractivity contribution in [2.45, 2.75) is 13.3 Å². The summed E-state index contributed by atoms with van der Waals surface area (Å²) in [5, 5.41) is 8.84. The van der Waals surface area contributed by atoms with Crippen molar-refractivity contribution in [1.29, 1.82) is 5.26 Å². The second-order valence-electron chi connectivity index (χ2n) is 4.05. The van der Waals surface area contributed by atoms with Gasteiger partial charge in [0.15, 0.2) is 0 Å². The molecule has 0 unspecified atom stereocenters. The molecular weight excluding hydrogens is 224 g/mol. The Hall–Kier alpha value is -2.34. The zero-order chi connectivity index (χ0) is 12.8. The minimum atomic E-state index is 0.597. The van der Waals surface area contributed by atoms with Gasteiger partial charge in [-0.1, -0.05) is 6.07 Å². The molecule has 2 rings (SSSR count). The second kappa shape index (κ2) is 5.83. The molecule has 0 fully saturated rings. The van der Waals surface area contributed by atoms with Crippen molar-refractivity contribution in [1.82, 2.24) is 4.98 Å². The standard InChI is InChI=1S/C15H14N2O/c1-12-2-3-14(11-16)10-15(12)18-9-6-13-4-7-17-8-5-13/h2-5,7-8,10H,6,9H2,1H3. The van der Waals surface area contributed by atoms with Gasteiger partial charge in [0.1, 0.15) is 5.75 Å². The van der Waals surface area contributed by atoms with E-state index >= 15 is 0 Å². The lowest BCUT2D eigenvalue weighted by molar-refractivity contribution is 0.319. The Labute approximate surface area is 107 Å². The highest BCUT2D eigenvalue weighted by molar-refractivity contribution is 5.41. The van der Waals surface area contributed by atoms with Crippen LogP contribution in [0, 0.1) is 18.3 Å². The van der Waals surface area contributed by atoms with Crippen LogP contribution in [0.5, 0.6) is 5.75 Å². The third-order valence-electron chi connectivity index (χ3n) is 2.71. The van der Waals surface area contributed by atoms with E-state index in [0.717, 1.165) is 17.7 Å². The van der Waals surface area contributed by atoms with E-state index in [-0.39, 0.29) is 0 Å². The van der Waals surface area contributed by atoms with Gasteiger partial charge in [-0.15, -0.1) is 0 Å². The Morgan fingerprint density at radius 1 is 1.22 bits per heavy atom. The summed E-state index contributed by atoms with van der Waals surface area (Å²) < 4.78 is 5.71. The SMILES string of the molecule is Cc1ccc(C#N)cc1OCCc1ccncc1. The summed E-state index contributed by atoms with van der Waals surface area (Å²) in [4.78, 5) is 3.97. The molecule has 0 aliphatic carbocycles. The topological polar surface area (TPSA) is 45.9 Å². The van der Waals surface area contributed by atoms with Gasteiger partial charge in [0.25, 0.3) is 0 Å². The molecule has 1 aromatic heterocycles. The molecule has 1 heterocycles. The monoisotopic (exact) mass is 238 g/mol. The van der Waals surface area contributed by atoms with Crippen LogP contribution in [0.15, 0.2) is 42.7 Å². The zero-order valence-corrected chi connectivity index (χ0v) is 10.3. The van der Waals surface area contributed by atoms with E-state index in [1.807, 2.05) is 25.1 Å². The Morgan fingerprint density at radius 3 is 2.72 bits per heavy atom. The number of nitrogens with zero attached hydrogens (tertiary/aromatic N) is 2. The minimum Gasteiger partial charge on any atom is -0.493 e. The third kappa shape index (κ3) is 3.08. The molecule has 0 amide bonds. The van der Waals surface area contributed by atoms with Crippen LogP contribution in [-0.2, 0) is 6.42 Å². The molecule has 1 aromatic carbocycles. The van der Waals surface area contributed by atoms with Crippen LogP contribution in [0.4, 0.5) is 0 Å². The van der Waals surface area contributed by atoms with E-state index in [4.69, 9.17) is 10.00 Å². The molecular formula is C15H14N2O. The van der Waals surface area contributed by atoms with Gasteiger partial charge in [0.05, 0.1) is 18.2 Å². The molecule has 0 bridgehead atoms. The minimum absolute atomic E-state index is 0.597. The molecule has 0 saturated heterocycles. The van der Waals surface area contributed by atoms with Crippen molar-refractivity contribution in [3.8, 4) is 11.8 Å². The van der Waals surface area contributed by atoms with Crippen LogP contribution in [0.1, 0.15) is 16.7 Å². The number of pyridine rings is 1. The lowest BCUT2D eigenvalue weighted by Gasteiger charge is -2.09. The Kier molecular flexibility index (Phi) is 3.93. The van der Waals surface area contributed by atoms with Crippen LogP contribution >= 0.6 is 0 Å². The number of benzene rings is 1. The predicted molar refractivity (Wildman–Crippen MR) is 69.3 cm³/mol. The summed E-state index contributed by atoms with van der Waals surface area (Å²) in [6.45, 7) is 2.57. The normalized spacial score (nSPS) is 9.78. The summed E-state index contributed by atoms with van der Waals surface area (Å²) in [5.41, 5.74) is 2.86. The molecule has 0 aliphatic rings. The summed E-state index contributed by atoms with van der Waals surface area (Å²) >= 11 is 0. The van der Waals surface area contributed by atoms with Gasteiger partial charge in [-0.25, -0.2) is 0 Å². The first-order chi connectivity index (χ1) is 8.79. The molecule has 0 N–H and O–H groups in total. The fraction of sp³-hybridized carbons (Fsp3) is 0.200. The first kappa shape index (κ1) is 12.1. The first-order valence-corrected chi connectivity index (χ1v) is 5.82. The molecule has 3 nitrogen and oxygen atoms in total. The average molecular weight is 238 g/mol. The number of aromatic nitrogens is 1. The molecule has 0 radical (unpaired) electrons. The van der Waals surface area contributed by atoms with Crippen molar-refractivity contribution >= 4 is 0 Å². The van der Waals surface area contributed by atoms with Gasteiger partial charge >= 0.3 is 0 Å². The first-order valence-electron chi connectivity index (χ1n) is 5.82. The van der Waals surface area contributed by atoms with Crippen LogP contribution in [0.2, 0.25) is 0 Å². The van der Waals surface area contributed by atoms with E-state index in [1.54, 1.807) is 24.5 Å². The fourth-order valence-electron chi connectivity index (χ4n) is 1.65. The largest absolute Gasteiger partial charge is 0.493 e. The molecule has 18 heavy (non-hydrogen) atoms. The maximum Gasteiger partial charge on any atom is 0.123 e. The van der Waals surface area contributed by atoms with Gasteiger partial charge in [-0.05, 0) is 42.3 Å². The summed E-state index contributed by atoms with van der Waals surface area (Å²) in [7, 11) is 0. The molecule has 0 aliphatic heterocycles. The van der Waals surface area contributed by atoms with E-state index in [2.05, 4.69) is 11.1 Å². The van der Waals surface area contributed by atoms with E-state index in [1.165, 1.54) is 5.56 Å². The number of aryl methyl sites for hydroxylation is 1. The van der Waals surface area contributed by atoms with E-state index < -0.39 is 0 Å². The highest BCUT2D eigenvalue weighted by Crippen LogP contribution is 2.19. The highest BCUT2D eigenvalue weighted by atomic mass is 16.5. The Bertz CT molecular complexity index is 558. The number of rotatable bonds is 4. The molecule has 90 valence electrons. The molecule has 0 spiro atoms. The molecule has 0 saturated carbocycles. The van der Waals surface area contributed by atoms with Crippen LogP contribution in [-0.4, -0.2) is 11.6 Å². The molecule has 2 aromatic rings. The zero-order valence-electron chi connectivity index (χ0n) is 10.3. The lowest BCUT2D eigenvalue weighted by atomic mass is 10.1. The van der Waals surface area contributed by atoms with Crippen LogP contribution < -0.4 is 4.74 Å². The van der Waals surface area contributed by atoms with Crippen molar-refractivity contribution in [2.24, 2.45) is 0 Å². The molecule has 3 heteroatoms. The van der Waals surface area contributed by atoms with E-state index in [0.29, 0.717) is 12.2 Å². The van der Waals surface area contributed by atoms with E-state index in [9.17, 15) is 0 Å². The predicted octanol–water partition coefficient (Wildman–Crippen LogP) is 2.88. The Balaban J connectivity index is 1.96. The third-order valence-corrected chi connectivity index (χ3v) is 2.71. The van der Waals surface area contributed by atoms with Crippen molar-refractivity contribution in [2.75, 3.05) is 6.61 Å².